The Morgan fingerprint density at radius 2 is 1.08 bits per heavy atom. The molecule has 5 heteroatoms. The quantitative estimate of drug-likeness (QED) is 0.179. The second-order valence-corrected chi connectivity index (χ2v) is 8.68. The van der Waals surface area contributed by atoms with Gasteiger partial charge < -0.3 is 0 Å². The summed E-state index contributed by atoms with van der Waals surface area (Å²) in [7, 11) is -3.06. The van der Waals surface area contributed by atoms with Crippen molar-refractivity contribution in [2.75, 3.05) is 19.8 Å². The highest BCUT2D eigenvalue weighted by atomic mass is 31.2. The minimum absolute atomic E-state index is 0.406. The van der Waals surface area contributed by atoms with Gasteiger partial charge in [0.15, 0.2) is 0 Å². The molecule has 0 aliphatic rings. The van der Waals surface area contributed by atoms with Crippen LogP contribution in [0.5, 0.6) is 0 Å². The highest BCUT2D eigenvalue weighted by Gasteiger charge is 2.21. The molecule has 0 aromatic heterocycles. The third-order valence-electron chi connectivity index (χ3n) is 4.41. The molecule has 0 spiro atoms. The molecule has 1 atom stereocenters. The van der Waals surface area contributed by atoms with Gasteiger partial charge in [0.05, 0.1) is 13.2 Å². The fraction of sp³-hybridized carbons (Fsp3) is 1.00. The number of hydrogen-bond acceptors (Lipinski definition) is 3. The molecule has 0 saturated carbocycles. The van der Waals surface area contributed by atoms with Crippen LogP contribution < -0.4 is 5.09 Å². The first kappa shape index (κ1) is 25.1. The second-order valence-electron chi connectivity index (χ2n) is 6.86. The maximum atomic E-state index is 12.2. The average molecular weight is 378 g/mol. The predicted molar refractivity (Wildman–Crippen MR) is 109 cm³/mol. The topological polar surface area (TPSA) is 47.6 Å². The lowest BCUT2D eigenvalue weighted by atomic mass is 10.0. The number of unbranched alkanes of at least 4 members (excludes halogenated alkanes) is 13. The summed E-state index contributed by atoms with van der Waals surface area (Å²) in [6, 6.07) is 0. The van der Waals surface area contributed by atoms with Crippen LogP contribution in [-0.4, -0.2) is 19.8 Å². The van der Waals surface area contributed by atoms with Crippen molar-refractivity contribution in [3.8, 4) is 0 Å². The van der Waals surface area contributed by atoms with E-state index < -0.39 is 7.75 Å². The molecule has 25 heavy (non-hydrogen) atoms. The third kappa shape index (κ3) is 17.3. The maximum Gasteiger partial charge on any atom is 0.405 e. The molecule has 0 bridgehead atoms. The van der Waals surface area contributed by atoms with Crippen LogP contribution in [0.25, 0.3) is 0 Å². The summed E-state index contributed by atoms with van der Waals surface area (Å²) in [6.45, 7) is 7.53. The van der Waals surface area contributed by atoms with E-state index in [0.717, 1.165) is 12.8 Å². The Bertz CT molecular complexity index is 303. The lowest BCUT2D eigenvalue weighted by molar-refractivity contribution is 0.200. The molecule has 0 rings (SSSR count). The SMILES string of the molecule is CCCCCCCCCCCCCCCCOP(=O)(NCC)OCC. The highest BCUT2D eigenvalue weighted by Crippen LogP contribution is 2.43. The maximum absolute atomic E-state index is 12.2. The molecule has 0 radical (unpaired) electrons. The van der Waals surface area contributed by atoms with Crippen molar-refractivity contribution in [2.24, 2.45) is 0 Å². The predicted octanol–water partition coefficient (Wildman–Crippen LogP) is 7.24. The van der Waals surface area contributed by atoms with E-state index in [0.29, 0.717) is 19.8 Å². The summed E-state index contributed by atoms with van der Waals surface area (Å²) in [6.07, 6.45) is 18.7. The molecule has 0 amide bonds. The van der Waals surface area contributed by atoms with E-state index in [1.807, 2.05) is 13.8 Å². The Labute approximate surface area is 157 Å². The fourth-order valence-electron chi connectivity index (χ4n) is 2.97. The van der Waals surface area contributed by atoms with Gasteiger partial charge in [-0.2, -0.15) is 0 Å². The summed E-state index contributed by atoms with van der Waals surface area (Å²) in [5.41, 5.74) is 0. The Kier molecular flexibility index (Phi) is 19.0. The lowest BCUT2D eigenvalue weighted by Gasteiger charge is -2.17. The van der Waals surface area contributed by atoms with Gasteiger partial charge in [0, 0.05) is 6.54 Å². The highest BCUT2D eigenvalue weighted by molar-refractivity contribution is 7.51. The lowest BCUT2D eigenvalue weighted by Crippen LogP contribution is -2.14. The molecule has 4 nitrogen and oxygen atoms in total. The van der Waals surface area contributed by atoms with Gasteiger partial charge in [0.2, 0.25) is 0 Å². The Balaban J connectivity index is 3.29. The summed E-state index contributed by atoms with van der Waals surface area (Å²) in [4.78, 5) is 0. The molecular formula is C20H44NO3P. The van der Waals surface area contributed by atoms with Gasteiger partial charge in [-0.05, 0) is 13.3 Å². The van der Waals surface area contributed by atoms with Crippen LogP contribution >= 0.6 is 7.75 Å². The van der Waals surface area contributed by atoms with E-state index >= 15 is 0 Å². The van der Waals surface area contributed by atoms with Gasteiger partial charge in [-0.15, -0.1) is 0 Å². The van der Waals surface area contributed by atoms with Crippen molar-refractivity contribution in [1.29, 1.82) is 0 Å². The molecule has 0 heterocycles. The molecule has 0 aliphatic heterocycles. The first-order valence-corrected chi connectivity index (χ1v) is 12.4. The smallest absolute Gasteiger partial charge is 0.297 e. The van der Waals surface area contributed by atoms with Crippen molar-refractivity contribution >= 4 is 7.75 Å². The largest absolute Gasteiger partial charge is 0.405 e. The van der Waals surface area contributed by atoms with E-state index in [4.69, 9.17) is 9.05 Å². The van der Waals surface area contributed by atoms with Gasteiger partial charge in [-0.1, -0.05) is 97.3 Å². The van der Waals surface area contributed by atoms with Crippen LogP contribution in [0.4, 0.5) is 0 Å². The minimum Gasteiger partial charge on any atom is -0.297 e. The Hall–Kier alpha value is 0.110. The van der Waals surface area contributed by atoms with Crippen molar-refractivity contribution in [2.45, 2.75) is 111 Å². The molecule has 1 N–H and O–H groups in total. The van der Waals surface area contributed by atoms with Crippen LogP contribution in [0, 0.1) is 0 Å². The van der Waals surface area contributed by atoms with E-state index in [1.54, 1.807) is 0 Å². The molecule has 0 saturated heterocycles. The van der Waals surface area contributed by atoms with Crippen LogP contribution in [0.3, 0.4) is 0 Å². The van der Waals surface area contributed by atoms with Crippen molar-refractivity contribution < 1.29 is 13.6 Å². The molecule has 1 unspecified atom stereocenters. The third-order valence-corrected chi connectivity index (χ3v) is 6.23. The van der Waals surface area contributed by atoms with Gasteiger partial charge in [-0.25, -0.2) is 9.65 Å². The zero-order valence-corrected chi connectivity index (χ0v) is 18.1. The molecule has 152 valence electrons. The van der Waals surface area contributed by atoms with Crippen molar-refractivity contribution in [3.05, 3.63) is 0 Å². The van der Waals surface area contributed by atoms with Gasteiger partial charge in [0.1, 0.15) is 0 Å². The Morgan fingerprint density at radius 1 is 0.640 bits per heavy atom. The summed E-state index contributed by atoms with van der Waals surface area (Å²) in [5.74, 6) is 0. The first-order valence-electron chi connectivity index (χ1n) is 10.8. The monoisotopic (exact) mass is 377 g/mol. The molecule has 0 fully saturated rings. The normalized spacial score (nSPS) is 13.9. The zero-order chi connectivity index (χ0) is 18.6. The zero-order valence-electron chi connectivity index (χ0n) is 17.2. The van der Waals surface area contributed by atoms with Gasteiger partial charge >= 0.3 is 7.75 Å². The van der Waals surface area contributed by atoms with Gasteiger partial charge in [0.25, 0.3) is 0 Å². The summed E-state index contributed by atoms with van der Waals surface area (Å²) in [5, 5.41) is 2.82. The average Bonchev–Trinajstić information content (AvgIpc) is 2.59. The van der Waals surface area contributed by atoms with Crippen LogP contribution in [-0.2, 0) is 13.6 Å². The molecule has 0 aliphatic carbocycles. The fourth-order valence-corrected chi connectivity index (χ4v) is 4.33. The van der Waals surface area contributed by atoms with Crippen LogP contribution in [0.2, 0.25) is 0 Å². The molecular weight excluding hydrogens is 333 g/mol. The molecule has 0 aromatic rings. The van der Waals surface area contributed by atoms with E-state index in [1.165, 1.54) is 77.0 Å². The molecule has 0 aromatic carbocycles. The summed E-state index contributed by atoms with van der Waals surface area (Å²) >= 11 is 0. The van der Waals surface area contributed by atoms with Crippen molar-refractivity contribution in [1.82, 2.24) is 5.09 Å². The number of nitrogens with one attached hydrogen (secondary N) is 1. The van der Waals surface area contributed by atoms with E-state index in [9.17, 15) is 4.57 Å². The first-order chi connectivity index (χ1) is 12.2. The number of rotatable bonds is 20. The Morgan fingerprint density at radius 3 is 1.48 bits per heavy atom. The summed E-state index contributed by atoms with van der Waals surface area (Å²) < 4.78 is 22.8. The van der Waals surface area contributed by atoms with Crippen LogP contribution in [0.15, 0.2) is 0 Å². The second kappa shape index (κ2) is 18.9. The van der Waals surface area contributed by atoms with E-state index in [-0.39, 0.29) is 0 Å². The van der Waals surface area contributed by atoms with Gasteiger partial charge in [-0.3, -0.25) is 9.05 Å². The van der Waals surface area contributed by atoms with Crippen LogP contribution in [0.1, 0.15) is 111 Å². The minimum atomic E-state index is -3.06. The number of hydrogen-bond donors (Lipinski definition) is 1. The van der Waals surface area contributed by atoms with Crippen molar-refractivity contribution in [3.63, 3.8) is 0 Å². The van der Waals surface area contributed by atoms with E-state index in [2.05, 4.69) is 12.0 Å². The standard InChI is InChI=1S/C20H44NO3P/c1-4-7-8-9-10-11-12-13-14-15-16-17-18-19-20-24-25(22,21-5-2)23-6-3/h4-20H2,1-3H3,(H,21,22).